The first kappa shape index (κ1) is 12.3. The molecule has 1 aromatic heterocycles. The highest BCUT2D eigenvalue weighted by Crippen LogP contribution is 2.36. The van der Waals surface area contributed by atoms with Crippen molar-refractivity contribution in [1.29, 1.82) is 0 Å². The van der Waals surface area contributed by atoms with Gasteiger partial charge in [0.25, 0.3) is 0 Å². The van der Waals surface area contributed by atoms with E-state index in [1.54, 1.807) is 6.26 Å². The molecule has 0 bridgehead atoms. The average Bonchev–Trinajstić information content (AvgIpc) is 3.10. The van der Waals surface area contributed by atoms with Gasteiger partial charge in [0.1, 0.15) is 11.5 Å². The molecule has 2 aromatic rings. The molecule has 0 saturated carbocycles. The Morgan fingerprint density at radius 3 is 3.00 bits per heavy atom. The number of para-hydroxylation sites is 1. The maximum Gasteiger partial charge on any atom is 0.127 e. The van der Waals surface area contributed by atoms with Gasteiger partial charge >= 0.3 is 0 Å². The molecule has 3 nitrogen and oxygen atoms in total. The van der Waals surface area contributed by atoms with Crippen molar-refractivity contribution in [2.45, 2.75) is 25.8 Å². The summed E-state index contributed by atoms with van der Waals surface area (Å²) in [5.74, 6) is 1.98. The lowest BCUT2D eigenvalue weighted by Crippen LogP contribution is -2.23. The second kappa shape index (κ2) is 5.49. The van der Waals surface area contributed by atoms with Gasteiger partial charge in [-0.25, -0.2) is 0 Å². The first-order valence-corrected chi connectivity index (χ1v) is 6.91. The first-order valence-electron chi connectivity index (χ1n) is 6.91. The van der Waals surface area contributed by atoms with Gasteiger partial charge in [-0.15, -0.1) is 0 Å². The minimum atomic E-state index is 0.0722. The molecule has 100 valence electrons. The van der Waals surface area contributed by atoms with Gasteiger partial charge in [0.05, 0.1) is 18.9 Å². The molecule has 0 spiro atoms. The number of ether oxygens (including phenoxy) is 1. The molecule has 0 radical (unpaired) electrons. The van der Waals surface area contributed by atoms with Crippen LogP contribution in [0.15, 0.2) is 41.0 Å². The maximum absolute atomic E-state index is 5.81. The van der Waals surface area contributed by atoms with E-state index in [9.17, 15) is 0 Å². The maximum atomic E-state index is 5.81. The normalized spacial score (nSPS) is 15.0. The molecule has 1 aliphatic rings. The van der Waals surface area contributed by atoms with E-state index in [2.05, 4.69) is 30.4 Å². The molecule has 0 amide bonds. The number of hydrogen-bond acceptors (Lipinski definition) is 3. The van der Waals surface area contributed by atoms with Crippen molar-refractivity contribution >= 4 is 0 Å². The molecule has 1 aliphatic heterocycles. The third-order valence-corrected chi connectivity index (χ3v) is 3.48. The number of fused-ring (bicyclic) bond motifs is 1. The largest absolute Gasteiger partial charge is 0.493 e. The zero-order valence-electron chi connectivity index (χ0n) is 11.2. The Morgan fingerprint density at radius 2 is 2.21 bits per heavy atom. The summed E-state index contributed by atoms with van der Waals surface area (Å²) in [6.45, 7) is 3.90. The Kier molecular flexibility index (Phi) is 3.56. The molecule has 1 N–H and O–H groups in total. The van der Waals surface area contributed by atoms with Crippen molar-refractivity contribution in [2.24, 2.45) is 0 Å². The van der Waals surface area contributed by atoms with Gasteiger partial charge in [-0.2, -0.15) is 0 Å². The van der Waals surface area contributed by atoms with Crippen LogP contribution in [0, 0.1) is 0 Å². The van der Waals surface area contributed by atoms with Crippen molar-refractivity contribution in [2.75, 3.05) is 13.2 Å². The van der Waals surface area contributed by atoms with E-state index in [0.29, 0.717) is 0 Å². The van der Waals surface area contributed by atoms with E-state index in [1.165, 1.54) is 11.1 Å². The van der Waals surface area contributed by atoms with Crippen LogP contribution in [-0.4, -0.2) is 13.2 Å². The van der Waals surface area contributed by atoms with Gasteiger partial charge in [-0.05, 0) is 30.7 Å². The fourth-order valence-electron chi connectivity index (χ4n) is 2.58. The van der Waals surface area contributed by atoms with Crippen LogP contribution in [0.1, 0.15) is 36.3 Å². The summed E-state index contributed by atoms with van der Waals surface area (Å²) in [5.41, 5.74) is 2.48. The molecule has 0 fully saturated rings. The number of nitrogens with one attached hydrogen (secondary N) is 1. The molecule has 1 atom stereocenters. The summed E-state index contributed by atoms with van der Waals surface area (Å²) >= 11 is 0. The number of benzene rings is 1. The smallest absolute Gasteiger partial charge is 0.127 e. The molecule has 3 heteroatoms. The third-order valence-electron chi connectivity index (χ3n) is 3.48. The molecule has 0 aliphatic carbocycles. The van der Waals surface area contributed by atoms with E-state index >= 15 is 0 Å². The summed E-state index contributed by atoms with van der Waals surface area (Å²) in [5, 5.41) is 3.54. The van der Waals surface area contributed by atoms with Gasteiger partial charge < -0.3 is 14.5 Å². The molecular weight excluding hydrogens is 238 g/mol. The van der Waals surface area contributed by atoms with Crippen LogP contribution < -0.4 is 10.1 Å². The van der Waals surface area contributed by atoms with Crippen LogP contribution in [0.2, 0.25) is 0 Å². The van der Waals surface area contributed by atoms with Crippen molar-refractivity contribution in [3.8, 4) is 5.75 Å². The Bertz CT molecular complexity index is 534. The van der Waals surface area contributed by atoms with Crippen LogP contribution in [0.5, 0.6) is 5.75 Å². The lowest BCUT2D eigenvalue weighted by atomic mass is 10.00. The topological polar surface area (TPSA) is 34.4 Å². The summed E-state index contributed by atoms with van der Waals surface area (Å²) in [4.78, 5) is 0. The number of rotatable bonds is 5. The Hall–Kier alpha value is -1.74. The summed E-state index contributed by atoms with van der Waals surface area (Å²) in [6, 6.07) is 10.4. The van der Waals surface area contributed by atoms with Gasteiger partial charge in [0, 0.05) is 12.0 Å². The molecule has 0 saturated heterocycles. The zero-order valence-corrected chi connectivity index (χ0v) is 11.2. The highest BCUT2D eigenvalue weighted by Gasteiger charge is 2.24. The molecule has 2 heterocycles. The van der Waals surface area contributed by atoms with Crippen molar-refractivity contribution < 1.29 is 9.15 Å². The number of hydrogen-bond donors (Lipinski definition) is 1. The molecule has 1 unspecified atom stereocenters. The first-order chi connectivity index (χ1) is 9.40. The second-order valence-electron chi connectivity index (χ2n) is 4.84. The molecular formula is C16H19NO2. The van der Waals surface area contributed by atoms with Crippen LogP contribution >= 0.6 is 0 Å². The predicted molar refractivity (Wildman–Crippen MR) is 74.5 cm³/mol. The Balaban J connectivity index is 1.98. The van der Waals surface area contributed by atoms with E-state index in [1.807, 2.05) is 12.1 Å². The van der Waals surface area contributed by atoms with Gasteiger partial charge in [0.2, 0.25) is 0 Å². The van der Waals surface area contributed by atoms with Gasteiger partial charge in [-0.1, -0.05) is 25.1 Å². The van der Waals surface area contributed by atoms with Crippen molar-refractivity contribution in [3.63, 3.8) is 0 Å². The minimum absolute atomic E-state index is 0.0722. The predicted octanol–water partition coefficient (Wildman–Crippen LogP) is 3.30. The average molecular weight is 257 g/mol. The van der Waals surface area contributed by atoms with Crippen LogP contribution in [0.4, 0.5) is 0 Å². The fourth-order valence-corrected chi connectivity index (χ4v) is 2.58. The summed E-state index contributed by atoms with van der Waals surface area (Å²) in [7, 11) is 0. The van der Waals surface area contributed by atoms with Crippen molar-refractivity contribution in [3.05, 3.63) is 53.5 Å². The number of furan rings is 1. The van der Waals surface area contributed by atoms with E-state index in [-0.39, 0.29) is 6.04 Å². The Labute approximate surface area is 113 Å². The summed E-state index contributed by atoms with van der Waals surface area (Å²) < 4.78 is 11.4. The third kappa shape index (κ3) is 2.38. The SMILES string of the molecule is CCCNC(c1ccco1)c1cccc2c1OCC2. The van der Waals surface area contributed by atoms with E-state index in [4.69, 9.17) is 9.15 Å². The quantitative estimate of drug-likeness (QED) is 0.892. The molecule has 1 aromatic carbocycles. The Morgan fingerprint density at radius 1 is 1.26 bits per heavy atom. The molecule has 3 rings (SSSR count). The highest BCUT2D eigenvalue weighted by atomic mass is 16.5. The second-order valence-corrected chi connectivity index (χ2v) is 4.84. The van der Waals surface area contributed by atoms with Crippen molar-refractivity contribution in [1.82, 2.24) is 5.32 Å². The minimum Gasteiger partial charge on any atom is -0.493 e. The lowest BCUT2D eigenvalue weighted by Gasteiger charge is -2.19. The lowest BCUT2D eigenvalue weighted by molar-refractivity contribution is 0.347. The summed E-state index contributed by atoms with van der Waals surface area (Å²) in [6.07, 6.45) is 3.81. The molecule has 19 heavy (non-hydrogen) atoms. The standard InChI is InChI=1S/C16H19NO2/c1-2-9-17-15(14-7-4-10-18-14)13-6-3-5-12-8-11-19-16(12)13/h3-7,10,15,17H,2,8-9,11H2,1H3. The van der Waals surface area contributed by atoms with Crippen LogP contribution in [0.3, 0.4) is 0 Å². The van der Waals surface area contributed by atoms with Crippen LogP contribution in [0.25, 0.3) is 0 Å². The zero-order chi connectivity index (χ0) is 13.1. The van der Waals surface area contributed by atoms with Gasteiger partial charge in [-0.3, -0.25) is 0 Å². The fraction of sp³-hybridized carbons (Fsp3) is 0.375. The highest BCUT2D eigenvalue weighted by molar-refractivity contribution is 5.47. The monoisotopic (exact) mass is 257 g/mol. The van der Waals surface area contributed by atoms with E-state index in [0.717, 1.165) is 37.5 Å². The van der Waals surface area contributed by atoms with Gasteiger partial charge in [0.15, 0.2) is 0 Å². The van der Waals surface area contributed by atoms with Crippen LogP contribution in [-0.2, 0) is 6.42 Å². The van der Waals surface area contributed by atoms with E-state index < -0.39 is 0 Å².